The molecule has 0 heterocycles. The van der Waals surface area contributed by atoms with E-state index in [9.17, 15) is 14.4 Å². The monoisotopic (exact) mass is 269 g/mol. The summed E-state index contributed by atoms with van der Waals surface area (Å²) in [5.41, 5.74) is 0.559. The van der Waals surface area contributed by atoms with Crippen LogP contribution in [-0.4, -0.2) is 49.8 Å². The lowest BCUT2D eigenvalue weighted by atomic mass is 10.00. The van der Waals surface area contributed by atoms with E-state index in [4.69, 9.17) is 0 Å². The lowest BCUT2D eigenvalue weighted by molar-refractivity contribution is -0.132. The number of nitrogens with zero attached hydrogens (tertiary/aromatic N) is 1. The van der Waals surface area contributed by atoms with E-state index in [1.54, 1.807) is 27.1 Å². The van der Waals surface area contributed by atoms with E-state index in [1.165, 1.54) is 4.90 Å². The van der Waals surface area contributed by atoms with Gasteiger partial charge in [0.1, 0.15) is 0 Å². The van der Waals surface area contributed by atoms with Crippen LogP contribution in [0.4, 0.5) is 0 Å². The number of rotatable bonds is 7. The number of likely N-dealkylation sites (N-methyl/N-ethyl adjacent to an activating group) is 2. The van der Waals surface area contributed by atoms with Crippen molar-refractivity contribution in [3.8, 4) is 0 Å². The molecular weight excluding hydrogens is 246 g/mol. The summed E-state index contributed by atoms with van der Waals surface area (Å²) in [5, 5.41) is 4.88. The predicted molar refractivity (Wildman–Crippen MR) is 73.3 cm³/mol. The number of carbonyl (C=O) groups is 3. The molecule has 0 spiro atoms. The van der Waals surface area contributed by atoms with Gasteiger partial charge in [0.2, 0.25) is 18.2 Å². The van der Waals surface area contributed by atoms with Gasteiger partial charge in [-0.2, -0.15) is 0 Å². The highest BCUT2D eigenvalue weighted by molar-refractivity contribution is 5.92. The first kappa shape index (κ1) is 17.2. The zero-order valence-corrected chi connectivity index (χ0v) is 12.2. The summed E-state index contributed by atoms with van der Waals surface area (Å²) < 4.78 is 0. The van der Waals surface area contributed by atoms with Gasteiger partial charge in [0.05, 0.1) is 12.6 Å². The SMILES string of the molecule is CNC(=O)/C(C)=C/[C@H](C(C)C)N(C)C(=O)CNC=O. The number of carbonyl (C=O) groups excluding carboxylic acids is 3. The summed E-state index contributed by atoms with van der Waals surface area (Å²) in [6.07, 6.45) is 2.25. The fraction of sp³-hybridized carbons (Fsp3) is 0.615. The number of nitrogens with one attached hydrogen (secondary N) is 2. The second-order valence-electron chi connectivity index (χ2n) is 4.67. The maximum Gasteiger partial charge on any atom is 0.246 e. The van der Waals surface area contributed by atoms with E-state index in [-0.39, 0.29) is 30.3 Å². The van der Waals surface area contributed by atoms with Gasteiger partial charge >= 0.3 is 0 Å². The van der Waals surface area contributed by atoms with E-state index in [0.29, 0.717) is 12.0 Å². The second kappa shape index (κ2) is 8.29. The molecule has 2 N–H and O–H groups in total. The highest BCUT2D eigenvalue weighted by Crippen LogP contribution is 2.13. The van der Waals surface area contributed by atoms with Gasteiger partial charge in [-0.25, -0.2) is 0 Å². The molecule has 0 aliphatic carbocycles. The van der Waals surface area contributed by atoms with Gasteiger partial charge in [-0.3, -0.25) is 14.4 Å². The largest absolute Gasteiger partial charge is 0.355 e. The van der Waals surface area contributed by atoms with Crippen LogP contribution in [0.25, 0.3) is 0 Å². The molecule has 0 unspecified atom stereocenters. The van der Waals surface area contributed by atoms with E-state index < -0.39 is 0 Å². The number of amides is 3. The summed E-state index contributed by atoms with van der Waals surface area (Å²) in [6, 6.07) is -0.196. The van der Waals surface area contributed by atoms with E-state index >= 15 is 0 Å². The average Bonchev–Trinajstić information content (AvgIpc) is 2.39. The van der Waals surface area contributed by atoms with Gasteiger partial charge in [-0.1, -0.05) is 19.9 Å². The van der Waals surface area contributed by atoms with Crippen molar-refractivity contribution in [1.29, 1.82) is 0 Å². The van der Waals surface area contributed by atoms with E-state index in [0.717, 1.165) is 0 Å². The molecule has 0 bridgehead atoms. The highest BCUT2D eigenvalue weighted by atomic mass is 16.2. The fourth-order valence-electron chi connectivity index (χ4n) is 1.70. The zero-order chi connectivity index (χ0) is 15.0. The van der Waals surface area contributed by atoms with Gasteiger partial charge in [-0.05, 0) is 12.8 Å². The Bertz CT molecular complexity index is 364. The van der Waals surface area contributed by atoms with Crippen molar-refractivity contribution in [2.24, 2.45) is 5.92 Å². The fourth-order valence-corrected chi connectivity index (χ4v) is 1.70. The lowest BCUT2D eigenvalue weighted by Gasteiger charge is -2.29. The molecule has 0 aromatic heterocycles. The Kier molecular flexibility index (Phi) is 7.48. The third kappa shape index (κ3) is 5.54. The van der Waals surface area contributed by atoms with Crippen LogP contribution < -0.4 is 10.6 Å². The molecule has 0 aromatic carbocycles. The third-order valence-corrected chi connectivity index (χ3v) is 2.87. The first-order valence-corrected chi connectivity index (χ1v) is 6.18. The van der Waals surface area contributed by atoms with Crippen LogP contribution in [0.3, 0.4) is 0 Å². The minimum absolute atomic E-state index is 0.0456. The minimum atomic E-state index is -0.202. The summed E-state index contributed by atoms with van der Waals surface area (Å²) in [6.45, 7) is 5.59. The van der Waals surface area contributed by atoms with Gasteiger partial charge in [0.15, 0.2) is 0 Å². The normalized spacial score (nSPS) is 12.8. The molecule has 0 radical (unpaired) electrons. The topological polar surface area (TPSA) is 78.5 Å². The summed E-state index contributed by atoms with van der Waals surface area (Å²) in [5.74, 6) is -0.214. The van der Waals surface area contributed by atoms with Crippen molar-refractivity contribution in [1.82, 2.24) is 15.5 Å². The molecule has 0 fully saturated rings. The summed E-state index contributed by atoms with van der Waals surface area (Å²) in [4.78, 5) is 35.1. The third-order valence-electron chi connectivity index (χ3n) is 2.87. The van der Waals surface area contributed by atoms with E-state index in [1.807, 2.05) is 13.8 Å². The smallest absolute Gasteiger partial charge is 0.246 e. The Morgan fingerprint density at radius 3 is 2.32 bits per heavy atom. The molecule has 0 saturated heterocycles. The predicted octanol–water partition coefficient (Wildman–Crippen LogP) is -0.0923. The van der Waals surface area contributed by atoms with Crippen LogP contribution in [0.2, 0.25) is 0 Å². The Hall–Kier alpha value is -1.85. The van der Waals surface area contributed by atoms with Gasteiger partial charge in [0, 0.05) is 19.7 Å². The van der Waals surface area contributed by atoms with Crippen LogP contribution >= 0.6 is 0 Å². The summed E-state index contributed by atoms with van der Waals surface area (Å²) in [7, 11) is 3.22. The molecule has 0 aliphatic heterocycles. The van der Waals surface area contributed by atoms with Crippen LogP contribution in [0, 0.1) is 5.92 Å². The van der Waals surface area contributed by atoms with Crippen molar-refractivity contribution in [3.05, 3.63) is 11.6 Å². The Morgan fingerprint density at radius 1 is 1.32 bits per heavy atom. The van der Waals surface area contributed by atoms with Gasteiger partial charge in [0.25, 0.3) is 0 Å². The molecule has 0 aliphatic rings. The van der Waals surface area contributed by atoms with Gasteiger partial charge < -0.3 is 15.5 Å². The Morgan fingerprint density at radius 2 is 1.89 bits per heavy atom. The van der Waals surface area contributed by atoms with Crippen molar-refractivity contribution >= 4 is 18.2 Å². The first-order valence-electron chi connectivity index (χ1n) is 6.18. The zero-order valence-electron chi connectivity index (χ0n) is 12.2. The van der Waals surface area contributed by atoms with E-state index in [2.05, 4.69) is 10.6 Å². The Balaban J connectivity index is 4.96. The molecule has 1 atom stereocenters. The van der Waals surface area contributed by atoms with Crippen molar-refractivity contribution in [2.45, 2.75) is 26.8 Å². The molecule has 0 aromatic rings. The highest BCUT2D eigenvalue weighted by Gasteiger charge is 2.21. The first-order chi connectivity index (χ1) is 8.84. The van der Waals surface area contributed by atoms with Crippen molar-refractivity contribution in [3.63, 3.8) is 0 Å². The van der Waals surface area contributed by atoms with Crippen LogP contribution in [0.1, 0.15) is 20.8 Å². The minimum Gasteiger partial charge on any atom is -0.355 e. The van der Waals surface area contributed by atoms with Gasteiger partial charge in [-0.15, -0.1) is 0 Å². The molecule has 6 heteroatoms. The summed E-state index contributed by atoms with van der Waals surface area (Å²) >= 11 is 0. The number of hydrogen-bond donors (Lipinski definition) is 2. The molecule has 108 valence electrons. The van der Waals surface area contributed by atoms with Crippen LogP contribution in [0.15, 0.2) is 11.6 Å². The maximum absolute atomic E-state index is 11.8. The average molecular weight is 269 g/mol. The van der Waals surface area contributed by atoms with Crippen molar-refractivity contribution in [2.75, 3.05) is 20.6 Å². The quantitative estimate of drug-likeness (QED) is 0.501. The molecule has 0 rings (SSSR count). The second-order valence-corrected chi connectivity index (χ2v) is 4.67. The number of hydrogen-bond acceptors (Lipinski definition) is 3. The van der Waals surface area contributed by atoms with Crippen molar-refractivity contribution < 1.29 is 14.4 Å². The standard InChI is InChI=1S/C13H23N3O3/c1-9(2)11(6-10(3)13(19)14-4)16(5)12(18)7-15-8-17/h6,8-9,11H,7H2,1-5H3,(H,14,19)(H,15,17)/b10-6+/t11-/m1/s1. The lowest BCUT2D eigenvalue weighted by Crippen LogP contribution is -2.43. The molecular formula is C13H23N3O3. The molecule has 6 nitrogen and oxygen atoms in total. The van der Waals surface area contributed by atoms with Crippen LogP contribution in [0.5, 0.6) is 0 Å². The molecule has 0 saturated carbocycles. The molecule has 19 heavy (non-hydrogen) atoms. The Labute approximate surface area is 114 Å². The molecule has 3 amide bonds. The van der Waals surface area contributed by atoms with Crippen LogP contribution in [-0.2, 0) is 14.4 Å². The maximum atomic E-state index is 11.8.